The van der Waals surface area contributed by atoms with Crippen molar-refractivity contribution in [2.24, 2.45) is 0 Å². The molecule has 0 fully saturated rings. The average molecular weight is 315 g/mol. The molecule has 2 aromatic rings. The Bertz CT molecular complexity index is 612. The smallest absolute Gasteiger partial charge is 0.147 e. The van der Waals surface area contributed by atoms with Gasteiger partial charge in [-0.3, -0.25) is 4.21 Å². The Hall–Kier alpha value is -1.07. The van der Waals surface area contributed by atoms with Gasteiger partial charge in [-0.05, 0) is 19.1 Å². The number of hydrogen-bond donors (Lipinski definition) is 0. The van der Waals surface area contributed by atoms with E-state index in [0.29, 0.717) is 30.5 Å². The van der Waals surface area contributed by atoms with Gasteiger partial charge >= 0.3 is 0 Å². The van der Waals surface area contributed by atoms with Crippen LogP contribution in [0.3, 0.4) is 0 Å². The lowest BCUT2D eigenvalue weighted by Gasteiger charge is -2.07. The molecular weight excluding hydrogens is 296 g/mol. The summed E-state index contributed by atoms with van der Waals surface area (Å²) in [7, 11) is -0.796. The summed E-state index contributed by atoms with van der Waals surface area (Å²) < 4.78 is 19.3. The van der Waals surface area contributed by atoms with Gasteiger partial charge < -0.3 is 9.30 Å². The molecule has 0 spiro atoms. The fraction of sp³-hybridized carbons (Fsp3) is 0.500. The summed E-state index contributed by atoms with van der Waals surface area (Å²) in [5, 5.41) is 0. The predicted molar refractivity (Wildman–Crippen MR) is 84.0 cm³/mol. The Balaban J connectivity index is 2.41. The van der Waals surface area contributed by atoms with E-state index in [4.69, 9.17) is 16.3 Å². The third-order valence-electron chi connectivity index (χ3n) is 3.10. The van der Waals surface area contributed by atoms with Gasteiger partial charge in [-0.15, -0.1) is 11.6 Å². The molecule has 0 N–H and O–H groups in total. The number of ether oxygens (including phenoxy) is 1. The minimum atomic E-state index is -0.796. The first-order valence-corrected chi connectivity index (χ1v) is 8.75. The van der Waals surface area contributed by atoms with E-state index in [1.54, 1.807) is 0 Å². The van der Waals surface area contributed by atoms with E-state index in [1.807, 2.05) is 36.6 Å². The Morgan fingerprint density at radius 2 is 2.20 bits per heavy atom. The molecule has 1 aromatic heterocycles. The molecule has 2 rings (SSSR count). The van der Waals surface area contributed by atoms with Crippen LogP contribution in [0.1, 0.15) is 19.7 Å². The van der Waals surface area contributed by atoms with E-state index < -0.39 is 10.8 Å². The number of rotatable bonds is 7. The zero-order valence-electron chi connectivity index (χ0n) is 11.8. The fourth-order valence-corrected chi connectivity index (χ4v) is 3.01. The summed E-state index contributed by atoms with van der Waals surface area (Å²) in [6.45, 7) is 5.14. The number of aryl methyl sites for hydroxylation is 1. The number of aromatic nitrogens is 2. The number of fused-ring (bicyclic) bond motifs is 1. The molecular formula is C14H19ClN2O2S. The third kappa shape index (κ3) is 3.15. The largest absolute Gasteiger partial charge is 0.492 e. The van der Waals surface area contributed by atoms with Crippen LogP contribution in [0.5, 0.6) is 5.75 Å². The van der Waals surface area contributed by atoms with Gasteiger partial charge in [-0.2, -0.15) is 0 Å². The second-order valence-corrected chi connectivity index (χ2v) is 6.44. The highest BCUT2D eigenvalue weighted by molar-refractivity contribution is 7.84. The van der Waals surface area contributed by atoms with E-state index in [1.165, 1.54) is 0 Å². The maximum absolute atomic E-state index is 11.6. The number of imidazole rings is 1. The minimum absolute atomic E-state index is 0.332. The molecule has 0 saturated carbocycles. The van der Waals surface area contributed by atoms with Crippen LogP contribution in [-0.4, -0.2) is 31.9 Å². The molecule has 1 unspecified atom stereocenters. The van der Waals surface area contributed by atoms with Gasteiger partial charge in [0.2, 0.25) is 0 Å². The van der Waals surface area contributed by atoms with Crippen molar-refractivity contribution in [3.05, 3.63) is 24.0 Å². The lowest BCUT2D eigenvalue weighted by atomic mass is 10.3. The summed E-state index contributed by atoms with van der Waals surface area (Å²) in [4.78, 5) is 4.56. The van der Waals surface area contributed by atoms with Crippen molar-refractivity contribution in [1.29, 1.82) is 0 Å². The van der Waals surface area contributed by atoms with Gasteiger partial charge in [0, 0.05) is 28.9 Å². The van der Waals surface area contributed by atoms with Crippen LogP contribution in [-0.2, 0) is 23.2 Å². The standard InChI is InChI=1S/C14H19ClN2O2S/c1-3-19-12-7-5-6-11-14(12)16-13(10-15)17(11)8-9-20(18)4-2/h5-7H,3-4,8-10H2,1-2H3. The number of halogens is 1. The minimum Gasteiger partial charge on any atom is -0.492 e. The molecule has 0 aliphatic rings. The molecule has 110 valence electrons. The summed E-state index contributed by atoms with van der Waals surface area (Å²) in [6, 6.07) is 5.85. The Kier molecular flexibility index (Phi) is 5.43. The van der Waals surface area contributed by atoms with Crippen molar-refractivity contribution in [1.82, 2.24) is 9.55 Å². The monoisotopic (exact) mass is 314 g/mol. The quantitative estimate of drug-likeness (QED) is 0.738. The van der Waals surface area contributed by atoms with Crippen LogP contribution in [0.15, 0.2) is 18.2 Å². The van der Waals surface area contributed by atoms with E-state index in [0.717, 1.165) is 22.6 Å². The molecule has 0 aliphatic carbocycles. The SMILES string of the molecule is CCOc1cccc2c1nc(CCl)n2CCS(=O)CC. The van der Waals surface area contributed by atoms with Gasteiger partial charge in [0.15, 0.2) is 0 Å². The van der Waals surface area contributed by atoms with Crippen LogP contribution >= 0.6 is 11.6 Å². The van der Waals surface area contributed by atoms with Crippen molar-refractivity contribution in [2.45, 2.75) is 26.3 Å². The van der Waals surface area contributed by atoms with Crippen molar-refractivity contribution < 1.29 is 8.95 Å². The van der Waals surface area contributed by atoms with Crippen molar-refractivity contribution in [2.75, 3.05) is 18.1 Å². The summed E-state index contributed by atoms with van der Waals surface area (Å²) in [6.07, 6.45) is 0. The van der Waals surface area contributed by atoms with Crippen LogP contribution in [0.2, 0.25) is 0 Å². The second-order valence-electron chi connectivity index (χ2n) is 4.30. The highest BCUT2D eigenvalue weighted by atomic mass is 35.5. The van der Waals surface area contributed by atoms with Crippen LogP contribution in [0, 0.1) is 0 Å². The topological polar surface area (TPSA) is 44.1 Å². The van der Waals surface area contributed by atoms with Crippen LogP contribution in [0.4, 0.5) is 0 Å². The first kappa shape index (κ1) is 15.3. The zero-order chi connectivity index (χ0) is 14.5. The van der Waals surface area contributed by atoms with Gasteiger partial charge in [0.05, 0.1) is 18.0 Å². The Morgan fingerprint density at radius 3 is 2.85 bits per heavy atom. The summed E-state index contributed by atoms with van der Waals surface area (Å²) in [5.41, 5.74) is 1.81. The average Bonchev–Trinajstić information content (AvgIpc) is 2.84. The first-order valence-electron chi connectivity index (χ1n) is 6.73. The van der Waals surface area contributed by atoms with E-state index in [2.05, 4.69) is 4.98 Å². The van der Waals surface area contributed by atoms with Gasteiger partial charge in [0.25, 0.3) is 0 Å². The zero-order valence-corrected chi connectivity index (χ0v) is 13.3. The molecule has 4 nitrogen and oxygen atoms in total. The molecule has 20 heavy (non-hydrogen) atoms. The lowest BCUT2D eigenvalue weighted by Crippen LogP contribution is -2.11. The molecule has 1 atom stereocenters. The third-order valence-corrected chi connectivity index (χ3v) is 4.63. The molecule has 1 heterocycles. The molecule has 0 aliphatic heterocycles. The number of benzene rings is 1. The molecule has 0 bridgehead atoms. The van der Waals surface area contributed by atoms with Gasteiger partial charge in [-0.25, -0.2) is 4.98 Å². The lowest BCUT2D eigenvalue weighted by molar-refractivity contribution is 0.343. The second kappa shape index (κ2) is 7.09. The fourth-order valence-electron chi connectivity index (χ4n) is 2.13. The Morgan fingerprint density at radius 1 is 1.40 bits per heavy atom. The maximum atomic E-state index is 11.6. The molecule has 6 heteroatoms. The number of alkyl halides is 1. The first-order chi connectivity index (χ1) is 9.71. The van der Waals surface area contributed by atoms with E-state index >= 15 is 0 Å². The van der Waals surface area contributed by atoms with E-state index in [-0.39, 0.29) is 0 Å². The predicted octanol–water partition coefficient (Wildman–Crippen LogP) is 2.94. The molecule has 1 aromatic carbocycles. The molecule has 0 amide bonds. The summed E-state index contributed by atoms with van der Waals surface area (Å²) in [5.74, 6) is 3.19. The number of nitrogens with zero attached hydrogens (tertiary/aromatic N) is 2. The van der Waals surface area contributed by atoms with Gasteiger partial charge in [-0.1, -0.05) is 13.0 Å². The van der Waals surface area contributed by atoms with Crippen LogP contribution < -0.4 is 4.74 Å². The molecule has 0 radical (unpaired) electrons. The normalized spacial score (nSPS) is 12.8. The highest BCUT2D eigenvalue weighted by Crippen LogP contribution is 2.26. The number of hydrogen-bond acceptors (Lipinski definition) is 3. The van der Waals surface area contributed by atoms with Crippen molar-refractivity contribution in [3.8, 4) is 5.75 Å². The van der Waals surface area contributed by atoms with Crippen LogP contribution in [0.25, 0.3) is 11.0 Å². The number of para-hydroxylation sites is 1. The van der Waals surface area contributed by atoms with Gasteiger partial charge in [0.1, 0.15) is 17.1 Å². The van der Waals surface area contributed by atoms with Crippen molar-refractivity contribution >= 4 is 33.4 Å². The summed E-state index contributed by atoms with van der Waals surface area (Å²) >= 11 is 5.98. The Labute approximate surface area is 126 Å². The molecule has 0 saturated heterocycles. The van der Waals surface area contributed by atoms with E-state index in [9.17, 15) is 4.21 Å². The van der Waals surface area contributed by atoms with Crippen molar-refractivity contribution in [3.63, 3.8) is 0 Å². The maximum Gasteiger partial charge on any atom is 0.147 e. The highest BCUT2D eigenvalue weighted by Gasteiger charge is 2.14.